The monoisotopic (exact) mass is 497 g/mol. The number of fused-ring (bicyclic) bond motifs is 3. The van der Waals surface area contributed by atoms with Crippen LogP contribution in [0.25, 0.3) is 11.3 Å². The Labute approximate surface area is 185 Å². The van der Waals surface area contributed by atoms with Gasteiger partial charge in [0.15, 0.2) is 5.82 Å². The normalized spacial score (nSPS) is 12.4. The summed E-state index contributed by atoms with van der Waals surface area (Å²) < 4.78 is 1.16. The molecule has 0 saturated carbocycles. The first kappa shape index (κ1) is 20.0. The average molecular weight is 497 g/mol. The van der Waals surface area contributed by atoms with Crippen molar-refractivity contribution >= 4 is 34.3 Å². The van der Waals surface area contributed by atoms with E-state index in [0.717, 1.165) is 45.5 Å². The van der Waals surface area contributed by atoms with Crippen LogP contribution in [0.15, 0.2) is 48.5 Å². The SMILES string of the molecule is CC(C)Cc1nc2c(nc1NC(=O)Cc1ccc(I)cc1)CCc1ccccc1-2. The number of halogens is 1. The Kier molecular flexibility index (Phi) is 5.94. The maximum Gasteiger partial charge on any atom is 0.229 e. The van der Waals surface area contributed by atoms with Crippen molar-refractivity contribution in [2.24, 2.45) is 5.92 Å². The zero-order valence-electron chi connectivity index (χ0n) is 16.7. The van der Waals surface area contributed by atoms with Crippen LogP contribution in [0, 0.1) is 9.49 Å². The molecule has 1 N–H and O–H groups in total. The molecular weight excluding hydrogens is 473 g/mol. The summed E-state index contributed by atoms with van der Waals surface area (Å²) in [7, 11) is 0. The van der Waals surface area contributed by atoms with E-state index < -0.39 is 0 Å². The molecule has 0 radical (unpaired) electrons. The lowest BCUT2D eigenvalue weighted by Gasteiger charge is -2.21. The molecule has 0 spiro atoms. The Bertz CT molecular complexity index is 1040. The first-order valence-electron chi connectivity index (χ1n) is 10.0. The molecule has 0 saturated heterocycles. The fourth-order valence-corrected chi connectivity index (χ4v) is 4.07. The van der Waals surface area contributed by atoms with Crippen LogP contribution in [0.2, 0.25) is 0 Å². The van der Waals surface area contributed by atoms with Crippen LogP contribution >= 0.6 is 22.6 Å². The van der Waals surface area contributed by atoms with E-state index in [-0.39, 0.29) is 5.91 Å². The minimum Gasteiger partial charge on any atom is -0.309 e. The number of carbonyl (C=O) groups excluding carboxylic acids is 1. The van der Waals surface area contributed by atoms with E-state index in [4.69, 9.17) is 9.97 Å². The topological polar surface area (TPSA) is 54.9 Å². The molecule has 148 valence electrons. The summed E-state index contributed by atoms with van der Waals surface area (Å²) in [6.45, 7) is 4.32. The second-order valence-corrected chi connectivity index (χ2v) is 9.17. The minimum atomic E-state index is -0.0540. The lowest BCUT2D eigenvalue weighted by atomic mass is 9.91. The molecule has 1 aliphatic rings. The molecule has 0 fully saturated rings. The van der Waals surface area contributed by atoms with E-state index in [2.05, 4.69) is 66.0 Å². The van der Waals surface area contributed by atoms with Gasteiger partial charge in [0.05, 0.1) is 23.5 Å². The van der Waals surface area contributed by atoms with Crippen molar-refractivity contribution in [1.29, 1.82) is 0 Å². The highest BCUT2D eigenvalue weighted by molar-refractivity contribution is 14.1. The highest BCUT2D eigenvalue weighted by Crippen LogP contribution is 2.33. The Morgan fingerprint density at radius 3 is 2.59 bits per heavy atom. The third-order valence-electron chi connectivity index (χ3n) is 5.08. The van der Waals surface area contributed by atoms with Crippen molar-refractivity contribution in [2.45, 2.75) is 39.5 Å². The second kappa shape index (κ2) is 8.61. The molecule has 1 aromatic heterocycles. The second-order valence-electron chi connectivity index (χ2n) is 7.92. The molecule has 1 amide bonds. The number of amides is 1. The van der Waals surface area contributed by atoms with Gasteiger partial charge in [-0.2, -0.15) is 0 Å². The maximum atomic E-state index is 12.7. The van der Waals surface area contributed by atoms with E-state index >= 15 is 0 Å². The van der Waals surface area contributed by atoms with Crippen LogP contribution in [0.5, 0.6) is 0 Å². The molecule has 0 atom stereocenters. The van der Waals surface area contributed by atoms with Crippen molar-refractivity contribution in [3.8, 4) is 11.3 Å². The molecule has 1 aliphatic carbocycles. The number of rotatable bonds is 5. The van der Waals surface area contributed by atoms with Gasteiger partial charge in [-0.3, -0.25) is 4.79 Å². The van der Waals surface area contributed by atoms with Gasteiger partial charge in [0.2, 0.25) is 5.91 Å². The highest BCUT2D eigenvalue weighted by Gasteiger charge is 2.22. The van der Waals surface area contributed by atoms with Crippen LogP contribution in [-0.2, 0) is 30.5 Å². The van der Waals surface area contributed by atoms with Gasteiger partial charge in [0.25, 0.3) is 0 Å². The van der Waals surface area contributed by atoms with E-state index in [1.165, 1.54) is 11.1 Å². The number of benzene rings is 2. The van der Waals surface area contributed by atoms with Crippen LogP contribution in [0.1, 0.15) is 36.4 Å². The molecule has 5 heteroatoms. The van der Waals surface area contributed by atoms with Crippen LogP contribution in [0.3, 0.4) is 0 Å². The maximum absolute atomic E-state index is 12.7. The van der Waals surface area contributed by atoms with E-state index in [1.54, 1.807) is 0 Å². The predicted molar refractivity (Wildman–Crippen MR) is 125 cm³/mol. The molecule has 4 rings (SSSR count). The van der Waals surface area contributed by atoms with Gasteiger partial charge < -0.3 is 5.32 Å². The predicted octanol–water partition coefficient (Wildman–Crippen LogP) is 5.23. The molecule has 1 heterocycles. The van der Waals surface area contributed by atoms with Crippen molar-refractivity contribution in [1.82, 2.24) is 9.97 Å². The first-order valence-corrected chi connectivity index (χ1v) is 11.1. The van der Waals surface area contributed by atoms with Gasteiger partial charge in [-0.05, 0) is 71.0 Å². The summed E-state index contributed by atoms with van der Waals surface area (Å²) in [5, 5.41) is 3.04. The fraction of sp³-hybridized carbons (Fsp3) is 0.292. The number of hydrogen-bond donors (Lipinski definition) is 1. The largest absolute Gasteiger partial charge is 0.309 e. The third-order valence-corrected chi connectivity index (χ3v) is 5.80. The standard InChI is InChI=1S/C24H24IN3O/c1-15(2)13-21-24(28-22(29)14-16-7-10-18(25)11-8-16)27-20-12-9-17-5-3-4-6-19(17)23(20)26-21/h3-8,10-11,15H,9,12-14H2,1-2H3,(H,27,28,29). The lowest BCUT2D eigenvalue weighted by Crippen LogP contribution is -2.20. The number of aryl methyl sites for hydroxylation is 2. The molecule has 0 aliphatic heterocycles. The number of aromatic nitrogens is 2. The molecule has 4 nitrogen and oxygen atoms in total. The Balaban J connectivity index is 1.64. The number of anilines is 1. The van der Waals surface area contributed by atoms with Crippen LogP contribution < -0.4 is 5.32 Å². The van der Waals surface area contributed by atoms with Crippen molar-refractivity contribution in [2.75, 3.05) is 5.32 Å². The van der Waals surface area contributed by atoms with Gasteiger partial charge in [-0.15, -0.1) is 0 Å². The average Bonchev–Trinajstić information content (AvgIpc) is 2.70. The number of carbonyl (C=O) groups is 1. The minimum absolute atomic E-state index is 0.0540. The molecule has 3 aromatic rings. The number of nitrogens with one attached hydrogen (secondary N) is 1. The van der Waals surface area contributed by atoms with E-state index in [0.29, 0.717) is 18.2 Å². The quantitative estimate of drug-likeness (QED) is 0.492. The molecule has 0 unspecified atom stereocenters. The Morgan fingerprint density at radius 1 is 1.07 bits per heavy atom. The fourth-order valence-electron chi connectivity index (χ4n) is 3.71. The number of hydrogen-bond acceptors (Lipinski definition) is 3. The zero-order chi connectivity index (χ0) is 20.4. The number of nitrogens with zero attached hydrogens (tertiary/aromatic N) is 2. The summed E-state index contributed by atoms with van der Waals surface area (Å²) in [6, 6.07) is 16.4. The first-order chi connectivity index (χ1) is 14.0. The van der Waals surface area contributed by atoms with Crippen molar-refractivity contribution < 1.29 is 4.79 Å². The molecule has 0 bridgehead atoms. The molecule has 29 heavy (non-hydrogen) atoms. The smallest absolute Gasteiger partial charge is 0.229 e. The van der Waals surface area contributed by atoms with Crippen LogP contribution in [-0.4, -0.2) is 15.9 Å². The molecule has 2 aromatic carbocycles. The van der Waals surface area contributed by atoms with Gasteiger partial charge in [0.1, 0.15) is 0 Å². The van der Waals surface area contributed by atoms with Gasteiger partial charge in [0, 0.05) is 9.13 Å². The zero-order valence-corrected chi connectivity index (χ0v) is 18.9. The van der Waals surface area contributed by atoms with Gasteiger partial charge in [-0.25, -0.2) is 9.97 Å². The van der Waals surface area contributed by atoms with E-state index in [9.17, 15) is 4.79 Å². The summed E-state index contributed by atoms with van der Waals surface area (Å²) in [5.74, 6) is 0.988. The summed E-state index contributed by atoms with van der Waals surface area (Å²) >= 11 is 2.27. The molecular formula is C24H24IN3O. The summed E-state index contributed by atoms with van der Waals surface area (Å²) in [5.41, 5.74) is 6.29. The Morgan fingerprint density at radius 2 is 1.83 bits per heavy atom. The summed E-state index contributed by atoms with van der Waals surface area (Å²) in [4.78, 5) is 22.5. The van der Waals surface area contributed by atoms with Crippen molar-refractivity contribution in [3.05, 3.63) is 74.6 Å². The third kappa shape index (κ3) is 4.66. The van der Waals surface area contributed by atoms with Gasteiger partial charge >= 0.3 is 0 Å². The summed E-state index contributed by atoms with van der Waals surface area (Å²) in [6.07, 6.45) is 2.92. The lowest BCUT2D eigenvalue weighted by molar-refractivity contribution is -0.115. The van der Waals surface area contributed by atoms with Crippen LogP contribution in [0.4, 0.5) is 5.82 Å². The Hall–Kier alpha value is -2.28. The van der Waals surface area contributed by atoms with Gasteiger partial charge in [-0.1, -0.05) is 50.2 Å². The highest BCUT2D eigenvalue weighted by atomic mass is 127. The van der Waals surface area contributed by atoms with Crippen molar-refractivity contribution in [3.63, 3.8) is 0 Å². The van der Waals surface area contributed by atoms with E-state index in [1.807, 2.05) is 24.3 Å².